The van der Waals surface area contributed by atoms with Crippen LogP contribution in [-0.4, -0.2) is 42.8 Å². The van der Waals surface area contributed by atoms with E-state index in [1.165, 1.54) is 25.6 Å². The molecule has 1 aliphatic rings. The summed E-state index contributed by atoms with van der Waals surface area (Å²) >= 11 is 6.44. The normalized spacial score (nSPS) is 17.2. The first-order valence-corrected chi connectivity index (χ1v) is 9.33. The molecular weight excluding hydrogens is 386 g/mol. The minimum Gasteiger partial charge on any atom is -0.496 e. The lowest BCUT2D eigenvalue weighted by atomic mass is 10.0. The molecule has 0 radical (unpaired) electrons. The van der Waals surface area contributed by atoms with E-state index in [4.69, 9.17) is 16.3 Å². The lowest BCUT2D eigenvalue weighted by Crippen LogP contribution is -2.50. The van der Waals surface area contributed by atoms with E-state index in [1.54, 1.807) is 12.1 Å². The zero-order valence-corrected chi connectivity index (χ0v) is 16.2. The van der Waals surface area contributed by atoms with Crippen LogP contribution in [0.4, 0.5) is 14.6 Å². The molecule has 1 saturated heterocycles. The van der Waals surface area contributed by atoms with Gasteiger partial charge in [-0.05, 0) is 25.1 Å². The Hall–Kier alpha value is -2.51. The number of piperazine rings is 1. The van der Waals surface area contributed by atoms with Crippen molar-refractivity contribution in [1.29, 1.82) is 0 Å². The summed E-state index contributed by atoms with van der Waals surface area (Å²) in [5.41, 5.74) is 0.00710. The van der Waals surface area contributed by atoms with Crippen LogP contribution in [0.5, 0.6) is 5.75 Å². The first kappa shape index (κ1) is 18.8. The lowest BCUT2D eigenvalue weighted by Gasteiger charge is -2.35. The number of nitrogens with zero attached hydrogens (tertiary/aromatic N) is 3. The van der Waals surface area contributed by atoms with Gasteiger partial charge in [-0.2, -0.15) is 0 Å². The van der Waals surface area contributed by atoms with E-state index < -0.39 is 11.6 Å². The number of methoxy groups -OCH3 is 1. The van der Waals surface area contributed by atoms with Crippen molar-refractivity contribution in [2.24, 2.45) is 0 Å². The molecule has 2 aromatic carbocycles. The van der Waals surface area contributed by atoms with Crippen LogP contribution in [0.3, 0.4) is 0 Å². The zero-order chi connectivity index (χ0) is 19.8. The third kappa shape index (κ3) is 3.04. The summed E-state index contributed by atoms with van der Waals surface area (Å²) in [4.78, 5) is 10.6. The van der Waals surface area contributed by atoms with Crippen molar-refractivity contribution in [3.05, 3.63) is 47.2 Å². The summed E-state index contributed by atoms with van der Waals surface area (Å²) < 4.78 is 35.3. The number of fused-ring (bicyclic) bond motifs is 1. The van der Waals surface area contributed by atoms with Crippen molar-refractivity contribution >= 4 is 28.3 Å². The summed E-state index contributed by atoms with van der Waals surface area (Å²) in [6, 6.07) is 6.08. The molecule has 2 heterocycles. The fourth-order valence-corrected chi connectivity index (χ4v) is 3.93. The highest BCUT2D eigenvalue weighted by atomic mass is 35.5. The second kappa shape index (κ2) is 7.48. The van der Waals surface area contributed by atoms with Crippen molar-refractivity contribution in [2.75, 3.05) is 31.6 Å². The molecule has 0 amide bonds. The SMILES string of the molecule is COc1cccc(F)c1-c1c(Cl)cc2c(N3CCNC[C@@H]3C)ncnc2c1F. The minimum absolute atomic E-state index is 0.0231. The van der Waals surface area contributed by atoms with Gasteiger partial charge in [0, 0.05) is 36.6 Å². The largest absolute Gasteiger partial charge is 0.496 e. The van der Waals surface area contributed by atoms with Gasteiger partial charge in [0.1, 0.15) is 29.2 Å². The Labute approximate surface area is 166 Å². The summed E-state index contributed by atoms with van der Waals surface area (Å²) in [5.74, 6) is -0.501. The van der Waals surface area contributed by atoms with Gasteiger partial charge in [0.2, 0.25) is 0 Å². The molecule has 28 heavy (non-hydrogen) atoms. The van der Waals surface area contributed by atoms with E-state index in [0.717, 1.165) is 19.6 Å². The summed E-state index contributed by atoms with van der Waals surface area (Å²) in [7, 11) is 1.40. The van der Waals surface area contributed by atoms with E-state index >= 15 is 4.39 Å². The van der Waals surface area contributed by atoms with Crippen LogP contribution < -0.4 is 15.0 Å². The molecule has 1 N–H and O–H groups in total. The monoisotopic (exact) mass is 404 g/mol. The van der Waals surface area contributed by atoms with Crippen molar-refractivity contribution < 1.29 is 13.5 Å². The molecule has 0 aliphatic carbocycles. The molecule has 0 spiro atoms. The van der Waals surface area contributed by atoms with E-state index in [-0.39, 0.29) is 33.5 Å². The number of anilines is 1. The lowest BCUT2D eigenvalue weighted by molar-refractivity contribution is 0.413. The number of nitrogens with one attached hydrogen (secondary N) is 1. The number of ether oxygens (including phenoxy) is 1. The van der Waals surface area contributed by atoms with E-state index in [1.807, 2.05) is 0 Å². The highest BCUT2D eigenvalue weighted by molar-refractivity contribution is 6.34. The van der Waals surface area contributed by atoms with Gasteiger partial charge in [-0.3, -0.25) is 0 Å². The number of hydrogen-bond acceptors (Lipinski definition) is 5. The van der Waals surface area contributed by atoms with Crippen LogP contribution >= 0.6 is 11.6 Å². The molecule has 0 bridgehead atoms. The first-order chi connectivity index (χ1) is 13.5. The summed E-state index contributed by atoms with van der Waals surface area (Å²) in [5, 5.41) is 3.89. The second-order valence-electron chi connectivity index (χ2n) is 6.70. The Morgan fingerprint density at radius 2 is 2.07 bits per heavy atom. The molecule has 4 rings (SSSR count). The Balaban J connectivity index is 1.96. The van der Waals surface area contributed by atoms with Gasteiger partial charge in [-0.1, -0.05) is 17.7 Å². The van der Waals surface area contributed by atoms with Gasteiger partial charge in [0.05, 0.1) is 17.7 Å². The molecule has 1 fully saturated rings. The van der Waals surface area contributed by atoms with Crippen LogP contribution in [0, 0.1) is 11.6 Å². The third-order valence-corrected chi connectivity index (χ3v) is 5.32. The Morgan fingerprint density at radius 1 is 1.25 bits per heavy atom. The maximum atomic E-state index is 15.5. The molecule has 1 aliphatic heterocycles. The maximum Gasteiger partial charge on any atom is 0.159 e. The van der Waals surface area contributed by atoms with Crippen LogP contribution in [0.1, 0.15) is 6.92 Å². The quantitative estimate of drug-likeness (QED) is 0.714. The standard InChI is InChI=1S/C20H19ClF2N4O/c1-11-9-24-6-7-27(11)20-12-8-13(21)16(18(23)19(12)25-10-26-20)17-14(22)4-3-5-15(17)28-2/h3-5,8,10-11,24H,6-7,9H2,1-2H3/t11-/m0/s1. The van der Waals surface area contributed by atoms with Crippen molar-refractivity contribution in [3.63, 3.8) is 0 Å². The Bertz CT molecular complexity index is 1050. The summed E-state index contributed by atoms with van der Waals surface area (Å²) in [6.07, 6.45) is 1.33. The average Bonchev–Trinajstić information content (AvgIpc) is 2.69. The third-order valence-electron chi connectivity index (χ3n) is 5.02. The van der Waals surface area contributed by atoms with E-state index in [2.05, 4.69) is 27.1 Å². The highest BCUT2D eigenvalue weighted by Crippen LogP contribution is 2.42. The number of halogens is 3. The molecule has 1 atom stereocenters. The average molecular weight is 405 g/mol. The van der Waals surface area contributed by atoms with Gasteiger partial charge < -0.3 is 15.0 Å². The van der Waals surface area contributed by atoms with Crippen molar-refractivity contribution in [3.8, 4) is 16.9 Å². The molecule has 1 aromatic heterocycles. The molecule has 5 nitrogen and oxygen atoms in total. The topological polar surface area (TPSA) is 50.3 Å². The fourth-order valence-electron chi connectivity index (χ4n) is 3.65. The number of benzene rings is 2. The van der Waals surface area contributed by atoms with Crippen molar-refractivity contribution in [2.45, 2.75) is 13.0 Å². The smallest absolute Gasteiger partial charge is 0.159 e. The van der Waals surface area contributed by atoms with Gasteiger partial charge in [0.25, 0.3) is 0 Å². The zero-order valence-electron chi connectivity index (χ0n) is 15.5. The first-order valence-electron chi connectivity index (χ1n) is 8.96. The number of hydrogen-bond donors (Lipinski definition) is 1. The Kier molecular flexibility index (Phi) is 5.03. The maximum absolute atomic E-state index is 15.5. The fraction of sp³-hybridized carbons (Fsp3) is 0.300. The molecular formula is C20H19ClF2N4O. The van der Waals surface area contributed by atoms with Crippen molar-refractivity contribution in [1.82, 2.24) is 15.3 Å². The van der Waals surface area contributed by atoms with E-state index in [9.17, 15) is 4.39 Å². The van der Waals surface area contributed by atoms with Crippen LogP contribution in [0.2, 0.25) is 5.02 Å². The van der Waals surface area contributed by atoms with Crippen LogP contribution in [-0.2, 0) is 0 Å². The highest BCUT2D eigenvalue weighted by Gasteiger charge is 2.26. The predicted octanol–water partition coefficient (Wildman–Crippen LogP) is 4.04. The number of aromatic nitrogens is 2. The van der Waals surface area contributed by atoms with Gasteiger partial charge >= 0.3 is 0 Å². The van der Waals surface area contributed by atoms with Gasteiger partial charge in [-0.25, -0.2) is 18.7 Å². The van der Waals surface area contributed by atoms with Crippen LogP contribution in [0.15, 0.2) is 30.6 Å². The minimum atomic E-state index is -0.697. The molecule has 0 saturated carbocycles. The second-order valence-corrected chi connectivity index (χ2v) is 7.11. The van der Waals surface area contributed by atoms with E-state index in [0.29, 0.717) is 11.2 Å². The molecule has 0 unspecified atom stereocenters. The Morgan fingerprint density at radius 3 is 2.82 bits per heavy atom. The molecule has 146 valence electrons. The molecule has 8 heteroatoms. The predicted molar refractivity (Wildman–Crippen MR) is 106 cm³/mol. The number of rotatable bonds is 3. The van der Waals surface area contributed by atoms with Gasteiger partial charge in [0.15, 0.2) is 5.82 Å². The van der Waals surface area contributed by atoms with Gasteiger partial charge in [-0.15, -0.1) is 0 Å². The summed E-state index contributed by atoms with van der Waals surface area (Å²) in [6.45, 7) is 4.40. The van der Waals surface area contributed by atoms with Crippen LogP contribution in [0.25, 0.3) is 22.0 Å². The molecule has 3 aromatic rings.